The van der Waals surface area contributed by atoms with Gasteiger partial charge in [0.2, 0.25) is 10.0 Å². The number of rotatable bonds is 6. The summed E-state index contributed by atoms with van der Waals surface area (Å²) in [5.41, 5.74) is 5.87. The highest BCUT2D eigenvalue weighted by Gasteiger charge is 2.27. The molecular weight excluding hydrogens is 323 g/mol. The molecule has 1 atom stereocenters. The van der Waals surface area contributed by atoms with E-state index in [0.29, 0.717) is 5.69 Å². The van der Waals surface area contributed by atoms with Crippen molar-refractivity contribution < 1.29 is 13.2 Å². The molecule has 1 rings (SSSR count). The Morgan fingerprint density at radius 2 is 1.80 bits per heavy atom. The molecule has 0 bridgehead atoms. The lowest BCUT2D eigenvalue weighted by Crippen LogP contribution is -2.41. The van der Waals surface area contributed by atoms with E-state index in [0.717, 1.165) is 0 Å². The number of hydrogen-bond donors (Lipinski definition) is 2. The standard InChI is InChI=1S/C12H18Cl2N2O3S/c1-7(2)11(6-19-3)16-20(17,18)12-9(13)4-8(15)5-10(12)14/h4-5,7,11,16H,6,15H2,1-3H3. The van der Waals surface area contributed by atoms with Crippen molar-refractivity contribution in [1.29, 1.82) is 0 Å². The van der Waals surface area contributed by atoms with Crippen LogP contribution in [0.2, 0.25) is 10.0 Å². The van der Waals surface area contributed by atoms with Crippen LogP contribution in [0.15, 0.2) is 17.0 Å². The maximum atomic E-state index is 12.4. The van der Waals surface area contributed by atoms with E-state index in [2.05, 4.69) is 4.72 Å². The van der Waals surface area contributed by atoms with E-state index in [9.17, 15) is 8.42 Å². The van der Waals surface area contributed by atoms with Crippen molar-refractivity contribution in [2.75, 3.05) is 19.5 Å². The lowest BCUT2D eigenvalue weighted by molar-refractivity contribution is 0.157. The average Bonchev–Trinajstić information content (AvgIpc) is 2.25. The number of sulfonamides is 1. The van der Waals surface area contributed by atoms with Crippen molar-refractivity contribution in [3.63, 3.8) is 0 Å². The summed E-state index contributed by atoms with van der Waals surface area (Å²) in [4.78, 5) is -0.170. The van der Waals surface area contributed by atoms with Crippen LogP contribution in [0.1, 0.15) is 13.8 Å². The van der Waals surface area contributed by atoms with Crippen molar-refractivity contribution in [2.24, 2.45) is 5.92 Å². The van der Waals surface area contributed by atoms with Crippen molar-refractivity contribution >= 4 is 38.9 Å². The van der Waals surface area contributed by atoms with Crippen molar-refractivity contribution in [3.8, 4) is 0 Å². The van der Waals surface area contributed by atoms with Gasteiger partial charge in [-0.2, -0.15) is 0 Å². The maximum Gasteiger partial charge on any atom is 0.243 e. The molecule has 8 heteroatoms. The Morgan fingerprint density at radius 3 is 2.20 bits per heavy atom. The number of halogens is 2. The Hall–Kier alpha value is -0.530. The first kappa shape index (κ1) is 17.5. The molecule has 5 nitrogen and oxygen atoms in total. The van der Waals surface area contributed by atoms with Gasteiger partial charge in [-0.3, -0.25) is 0 Å². The number of nitrogens with two attached hydrogens (primary N) is 1. The molecule has 1 aromatic carbocycles. The average molecular weight is 341 g/mol. The van der Waals surface area contributed by atoms with Gasteiger partial charge in [-0.15, -0.1) is 0 Å². The van der Waals surface area contributed by atoms with Crippen molar-refractivity contribution in [2.45, 2.75) is 24.8 Å². The quantitative estimate of drug-likeness (QED) is 0.779. The number of methoxy groups -OCH3 is 1. The summed E-state index contributed by atoms with van der Waals surface area (Å²) in [6.07, 6.45) is 0. The van der Waals surface area contributed by atoms with Crippen LogP contribution in [-0.4, -0.2) is 28.2 Å². The van der Waals surface area contributed by atoms with Gasteiger partial charge in [-0.1, -0.05) is 37.0 Å². The highest BCUT2D eigenvalue weighted by Crippen LogP contribution is 2.32. The van der Waals surface area contributed by atoms with Crippen molar-refractivity contribution in [3.05, 3.63) is 22.2 Å². The highest BCUT2D eigenvalue weighted by molar-refractivity contribution is 7.89. The minimum atomic E-state index is -3.85. The molecule has 1 aromatic rings. The summed E-state index contributed by atoms with van der Waals surface area (Å²) in [6, 6.07) is 2.32. The molecular formula is C12H18Cl2N2O3S. The monoisotopic (exact) mass is 340 g/mol. The van der Waals surface area contributed by atoms with E-state index in [1.165, 1.54) is 19.2 Å². The third-order valence-corrected chi connectivity index (χ3v) is 5.16. The zero-order chi connectivity index (χ0) is 15.5. The van der Waals surface area contributed by atoms with E-state index in [-0.39, 0.29) is 33.5 Å². The van der Waals surface area contributed by atoms with Gasteiger partial charge in [0.25, 0.3) is 0 Å². The van der Waals surface area contributed by atoms with E-state index < -0.39 is 10.0 Å². The van der Waals surface area contributed by atoms with E-state index in [1.54, 1.807) is 0 Å². The van der Waals surface area contributed by atoms with E-state index in [4.69, 9.17) is 33.7 Å². The fourth-order valence-corrected chi connectivity index (χ4v) is 4.24. The predicted octanol–water partition coefficient (Wildman–Crippen LogP) is 2.52. The fourth-order valence-electron chi connectivity index (χ4n) is 1.64. The minimum Gasteiger partial charge on any atom is -0.399 e. The minimum absolute atomic E-state index is 0.0116. The van der Waals surface area contributed by atoms with Gasteiger partial charge in [-0.25, -0.2) is 13.1 Å². The zero-order valence-corrected chi connectivity index (χ0v) is 13.8. The Bertz CT molecular complexity index is 553. The molecule has 0 spiro atoms. The van der Waals surface area contributed by atoms with Gasteiger partial charge in [0.15, 0.2) is 0 Å². The van der Waals surface area contributed by atoms with Gasteiger partial charge in [0.05, 0.1) is 16.7 Å². The largest absolute Gasteiger partial charge is 0.399 e. The van der Waals surface area contributed by atoms with Crippen LogP contribution in [0.4, 0.5) is 5.69 Å². The number of nitrogens with one attached hydrogen (secondary N) is 1. The number of ether oxygens (including phenoxy) is 1. The zero-order valence-electron chi connectivity index (χ0n) is 11.5. The second-order valence-corrected chi connectivity index (χ2v) is 7.21. The van der Waals surface area contributed by atoms with Crippen LogP contribution in [0, 0.1) is 5.92 Å². The Balaban J connectivity index is 3.17. The van der Waals surface area contributed by atoms with Gasteiger partial charge >= 0.3 is 0 Å². The molecule has 0 radical (unpaired) electrons. The molecule has 0 saturated carbocycles. The third kappa shape index (κ3) is 4.23. The number of hydrogen-bond acceptors (Lipinski definition) is 4. The predicted molar refractivity (Wildman–Crippen MR) is 81.7 cm³/mol. The third-order valence-electron chi connectivity index (χ3n) is 2.75. The SMILES string of the molecule is COCC(NS(=O)(=O)c1c(Cl)cc(N)cc1Cl)C(C)C. The van der Waals surface area contributed by atoms with Gasteiger partial charge in [-0.05, 0) is 18.1 Å². The lowest BCUT2D eigenvalue weighted by atomic mass is 10.1. The Morgan fingerprint density at radius 1 is 1.30 bits per heavy atom. The van der Waals surface area contributed by atoms with Crippen LogP contribution in [0.5, 0.6) is 0 Å². The molecule has 0 saturated heterocycles. The topological polar surface area (TPSA) is 81.4 Å². The molecule has 1 unspecified atom stereocenters. The summed E-state index contributed by atoms with van der Waals surface area (Å²) in [6.45, 7) is 4.03. The second kappa shape index (κ2) is 6.95. The molecule has 0 aliphatic carbocycles. The number of anilines is 1. The molecule has 0 fully saturated rings. The van der Waals surface area contributed by atoms with Gasteiger partial charge in [0.1, 0.15) is 4.90 Å². The second-order valence-electron chi connectivity index (χ2n) is 4.74. The van der Waals surface area contributed by atoms with Crippen molar-refractivity contribution in [1.82, 2.24) is 4.72 Å². The van der Waals surface area contributed by atoms with Gasteiger partial charge < -0.3 is 10.5 Å². The molecule has 0 aromatic heterocycles. The summed E-state index contributed by atoms with van der Waals surface area (Å²) in [5.74, 6) is 0.0519. The molecule has 0 aliphatic rings. The molecule has 3 N–H and O–H groups in total. The fraction of sp³-hybridized carbons (Fsp3) is 0.500. The first-order valence-electron chi connectivity index (χ1n) is 5.94. The first-order valence-corrected chi connectivity index (χ1v) is 8.18. The normalized spacial score (nSPS) is 13.7. The molecule has 20 heavy (non-hydrogen) atoms. The van der Waals surface area contributed by atoms with E-state index in [1.807, 2.05) is 13.8 Å². The molecule has 0 heterocycles. The van der Waals surface area contributed by atoms with Crippen LogP contribution < -0.4 is 10.5 Å². The summed E-state index contributed by atoms with van der Waals surface area (Å²) < 4.78 is 32.4. The molecule has 114 valence electrons. The number of benzene rings is 1. The number of nitrogen functional groups attached to an aromatic ring is 1. The maximum absolute atomic E-state index is 12.4. The summed E-state index contributed by atoms with van der Waals surface area (Å²) >= 11 is 11.9. The Kier molecular flexibility index (Phi) is 6.09. The Labute approximate surface area is 129 Å². The first-order chi connectivity index (χ1) is 9.19. The molecule has 0 aliphatic heterocycles. The summed E-state index contributed by atoms with van der Waals surface area (Å²) in [5, 5.41) is -0.0233. The molecule has 0 amide bonds. The van der Waals surface area contributed by atoms with Gasteiger partial charge in [0, 0.05) is 18.8 Å². The van der Waals surface area contributed by atoms with Crippen LogP contribution in [-0.2, 0) is 14.8 Å². The highest BCUT2D eigenvalue weighted by atomic mass is 35.5. The van der Waals surface area contributed by atoms with Crippen LogP contribution >= 0.6 is 23.2 Å². The smallest absolute Gasteiger partial charge is 0.243 e. The van der Waals surface area contributed by atoms with E-state index >= 15 is 0 Å². The lowest BCUT2D eigenvalue weighted by Gasteiger charge is -2.22. The summed E-state index contributed by atoms with van der Waals surface area (Å²) in [7, 11) is -2.35. The van der Waals surface area contributed by atoms with Crippen LogP contribution in [0.25, 0.3) is 0 Å². The van der Waals surface area contributed by atoms with Crippen LogP contribution in [0.3, 0.4) is 0 Å².